The van der Waals surface area contributed by atoms with Crippen molar-refractivity contribution >= 4 is 45.2 Å². The van der Waals surface area contributed by atoms with E-state index in [4.69, 9.17) is 16.7 Å². The number of carbonyl (C=O) groups excluding carboxylic acids is 1. The zero-order chi connectivity index (χ0) is 14.6. The quantitative estimate of drug-likeness (QED) is 0.780. The molecule has 0 saturated heterocycles. The molecule has 104 valence electrons. The summed E-state index contributed by atoms with van der Waals surface area (Å²) in [4.78, 5) is 22.6. The summed E-state index contributed by atoms with van der Waals surface area (Å²) in [7, 11) is 0. The highest BCUT2D eigenvalue weighted by Gasteiger charge is 2.23. The first-order chi connectivity index (χ1) is 8.81. The van der Waals surface area contributed by atoms with Gasteiger partial charge in [0.25, 0.3) is 0 Å². The van der Waals surface area contributed by atoms with Gasteiger partial charge in [0.05, 0.1) is 5.02 Å². The van der Waals surface area contributed by atoms with Crippen LogP contribution in [0.4, 0.5) is 10.5 Å². The molecule has 1 unspecified atom stereocenters. The first-order valence-corrected chi connectivity index (χ1v) is 6.73. The lowest BCUT2D eigenvalue weighted by Gasteiger charge is -2.18. The SMILES string of the molecule is CC(C)C(NC(=O)Nc1ccc(Br)c(Cl)c1)C(=O)O. The van der Waals surface area contributed by atoms with Crippen molar-refractivity contribution in [1.82, 2.24) is 5.32 Å². The van der Waals surface area contributed by atoms with E-state index >= 15 is 0 Å². The third-order valence-electron chi connectivity index (χ3n) is 2.40. The Morgan fingerprint density at radius 3 is 2.47 bits per heavy atom. The molecule has 0 aromatic heterocycles. The van der Waals surface area contributed by atoms with Gasteiger partial charge in [0.2, 0.25) is 0 Å². The number of rotatable bonds is 4. The van der Waals surface area contributed by atoms with Crippen LogP contribution in [0.2, 0.25) is 5.02 Å². The zero-order valence-corrected chi connectivity index (χ0v) is 12.7. The van der Waals surface area contributed by atoms with Crippen LogP contribution in [0.1, 0.15) is 13.8 Å². The van der Waals surface area contributed by atoms with Gasteiger partial charge in [0.1, 0.15) is 6.04 Å². The number of carboxylic acids is 1. The minimum atomic E-state index is -1.07. The molecule has 19 heavy (non-hydrogen) atoms. The summed E-state index contributed by atoms with van der Waals surface area (Å²) in [6.07, 6.45) is 0. The summed E-state index contributed by atoms with van der Waals surface area (Å²) in [6, 6.07) is 3.39. The lowest BCUT2D eigenvalue weighted by molar-refractivity contribution is -0.140. The number of hydrogen-bond acceptors (Lipinski definition) is 2. The van der Waals surface area contributed by atoms with Crippen LogP contribution in [-0.2, 0) is 4.79 Å². The van der Waals surface area contributed by atoms with Crippen molar-refractivity contribution in [2.45, 2.75) is 19.9 Å². The summed E-state index contributed by atoms with van der Waals surface area (Å²) in [6.45, 7) is 3.44. The van der Waals surface area contributed by atoms with Crippen LogP contribution in [0.25, 0.3) is 0 Å². The maximum atomic E-state index is 11.7. The Labute approximate surface area is 124 Å². The highest BCUT2D eigenvalue weighted by molar-refractivity contribution is 9.10. The first kappa shape index (κ1) is 15.8. The van der Waals surface area contributed by atoms with Crippen molar-refractivity contribution < 1.29 is 14.7 Å². The number of carboxylic acid groups (broad SMARTS) is 1. The number of benzene rings is 1. The lowest BCUT2D eigenvalue weighted by Crippen LogP contribution is -2.46. The average molecular weight is 350 g/mol. The Kier molecular flexibility index (Phi) is 5.62. The molecule has 7 heteroatoms. The van der Waals surface area contributed by atoms with E-state index in [0.717, 1.165) is 0 Å². The normalized spacial score (nSPS) is 12.1. The predicted molar refractivity (Wildman–Crippen MR) is 77.6 cm³/mol. The Morgan fingerprint density at radius 2 is 2.00 bits per heavy atom. The molecule has 1 aromatic carbocycles. The van der Waals surface area contributed by atoms with Crippen LogP contribution in [0.5, 0.6) is 0 Å². The molecular formula is C12H14BrClN2O3. The number of hydrogen-bond donors (Lipinski definition) is 3. The molecule has 1 atom stereocenters. The van der Waals surface area contributed by atoms with Gasteiger partial charge in [0.15, 0.2) is 0 Å². The fourth-order valence-electron chi connectivity index (χ4n) is 1.40. The van der Waals surface area contributed by atoms with E-state index in [1.54, 1.807) is 32.0 Å². The maximum Gasteiger partial charge on any atom is 0.326 e. The molecule has 0 saturated carbocycles. The van der Waals surface area contributed by atoms with E-state index in [1.165, 1.54) is 0 Å². The van der Waals surface area contributed by atoms with Crippen LogP contribution < -0.4 is 10.6 Å². The van der Waals surface area contributed by atoms with Crippen LogP contribution in [0.15, 0.2) is 22.7 Å². The van der Waals surface area contributed by atoms with Gasteiger partial charge in [-0.2, -0.15) is 0 Å². The topological polar surface area (TPSA) is 78.4 Å². The lowest BCUT2D eigenvalue weighted by atomic mass is 10.1. The third-order valence-corrected chi connectivity index (χ3v) is 3.63. The number of aliphatic carboxylic acids is 1. The third kappa shape index (κ3) is 4.72. The fraction of sp³-hybridized carbons (Fsp3) is 0.333. The smallest absolute Gasteiger partial charge is 0.326 e. The van der Waals surface area contributed by atoms with Crippen molar-refractivity contribution in [2.75, 3.05) is 5.32 Å². The molecule has 0 fully saturated rings. The van der Waals surface area contributed by atoms with E-state index in [1.807, 2.05) is 0 Å². The van der Waals surface area contributed by atoms with Gasteiger partial charge in [-0.05, 0) is 40.0 Å². The molecule has 0 aliphatic rings. The Hall–Kier alpha value is -1.27. The minimum Gasteiger partial charge on any atom is -0.480 e. The van der Waals surface area contributed by atoms with Gasteiger partial charge in [0, 0.05) is 10.2 Å². The summed E-state index contributed by atoms with van der Waals surface area (Å²) in [5, 5.41) is 14.3. The van der Waals surface area contributed by atoms with Crippen LogP contribution in [0, 0.1) is 5.92 Å². The van der Waals surface area contributed by atoms with E-state index in [9.17, 15) is 9.59 Å². The summed E-state index contributed by atoms with van der Waals surface area (Å²) < 4.78 is 0.714. The second-order valence-electron chi connectivity index (χ2n) is 4.29. The second-order valence-corrected chi connectivity index (χ2v) is 5.55. The largest absolute Gasteiger partial charge is 0.480 e. The molecule has 2 amide bonds. The highest BCUT2D eigenvalue weighted by Crippen LogP contribution is 2.25. The number of halogens is 2. The van der Waals surface area contributed by atoms with E-state index in [2.05, 4.69) is 26.6 Å². The number of amides is 2. The van der Waals surface area contributed by atoms with E-state index in [0.29, 0.717) is 15.2 Å². The summed E-state index contributed by atoms with van der Waals surface area (Å²) in [5.41, 5.74) is 0.485. The molecule has 0 aliphatic heterocycles. The Balaban J connectivity index is 2.69. The Morgan fingerprint density at radius 1 is 1.37 bits per heavy atom. The second kappa shape index (κ2) is 6.77. The Bertz CT molecular complexity index is 494. The van der Waals surface area contributed by atoms with Crippen LogP contribution in [0.3, 0.4) is 0 Å². The van der Waals surface area contributed by atoms with Crippen LogP contribution in [-0.4, -0.2) is 23.1 Å². The van der Waals surface area contributed by atoms with Crippen molar-refractivity contribution in [1.29, 1.82) is 0 Å². The van der Waals surface area contributed by atoms with Crippen molar-refractivity contribution in [3.63, 3.8) is 0 Å². The molecule has 1 aromatic rings. The highest BCUT2D eigenvalue weighted by atomic mass is 79.9. The van der Waals surface area contributed by atoms with Gasteiger partial charge in [-0.1, -0.05) is 25.4 Å². The maximum absolute atomic E-state index is 11.7. The van der Waals surface area contributed by atoms with E-state index in [-0.39, 0.29) is 5.92 Å². The van der Waals surface area contributed by atoms with Gasteiger partial charge in [-0.3, -0.25) is 0 Å². The molecule has 0 spiro atoms. The first-order valence-electron chi connectivity index (χ1n) is 5.56. The minimum absolute atomic E-state index is 0.211. The number of urea groups is 1. The molecule has 0 aliphatic carbocycles. The standard InChI is InChI=1S/C12H14BrClN2O3/c1-6(2)10(11(17)18)16-12(19)15-7-3-4-8(13)9(14)5-7/h3-6,10H,1-2H3,(H,17,18)(H2,15,16,19). The zero-order valence-electron chi connectivity index (χ0n) is 10.4. The van der Waals surface area contributed by atoms with Crippen molar-refractivity contribution in [3.8, 4) is 0 Å². The van der Waals surface area contributed by atoms with Crippen LogP contribution >= 0.6 is 27.5 Å². The van der Waals surface area contributed by atoms with Crippen molar-refractivity contribution in [3.05, 3.63) is 27.7 Å². The summed E-state index contributed by atoms with van der Waals surface area (Å²) >= 11 is 9.13. The fourth-order valence-corrected chi connectivity index (χ4v) is 1.82. The summed E-state index contributed by atoms with van der Waals surface area (Å²) in [5.74, 6) is -1.28. The molecule has 0 radical (unpaired) electrons. The van der Waals surface area contributed by atoms with Gasteiger partial charge in [-0.15, -0.1) is 0 Å². The number of anilines is 1. The van der Waals surface area contributed by atoms with Crippen molar-refractivity contribution in [2.24, 2.45) is 5.92 Å². The van der Waals surface area contributed by atoms with Gasteiger partial charge >= 0.3 is 12.0 Å². The number of carbonyl (C=O) groups is 2. The average Bonchev–Trinajstić information content (AvgIpc) is 2.30. The van der Waals surface area contributed by atoms with Gasteiger partial charge in [-0.25, -0.2) is 9.59 Å². The molecule has 3 N–H and O–H groups in total. The molecular weight excluding hydrogens is 336 g/mol. The molecule has 0 heterocycles. The van der Waals surface area contributed by atoms with Gasteiger partial charge < -0.3 is 15.7 Å². The number of nitrogens with one attached hydrogen (secondary N) is 2. The molecule has 5 nitrogen and oxygen atoms in total. The monoisotopic (exact) mass is 348 g/mol. The molecule has 0 bridgehead atoms. The van der Waals surface area contributed by atoms with E-state index < -0.39 is 18.0 Å². The predicted octanol–water partition coefficient (Wildman–Crippen LogP) is 3.33. The molecule has 1 rings (SSSR count).